The zero-order valence-electron chi connectivity index (χ0n) is 32.1. The topological polar surface area (TPSA) is 168 Å². The fourth-order valence-electron chi connectivity index (χ4n) is 7.56. The molecule has 7 rings (SSSR count). The number of anilines is 2. The smallest absolute Gasteiger partial charge is 0.350 e. The molecule has 2 fully saturated rings. The first kappa shape index (κ1) is 39.6. The second kappa shape index (κ2) is 16.4. The monoisotopic (exact) mass is 787 g/mol. The number of piperazine rings is 1. The van der Waals surface area contributed by atoms with Crippen molar-refractivity contribution in [1.82, 2.24) is 29.1 Å². The third-order valence-electron chi connectivity index (χ3n) is 11.0. The van der Waals surface area contributed by atoms with Gasteiger partial charge in [0.05, 0.1) is 17.8 Å². The highest BCUT2D eigenvalue weighted by atomic mass is 19.1. The van der Waals surface area contributed by atoms with Crippen LogP contribution in [0.25, 0.3) is 5.69 Å². The minimum atomic E-state index is -1.54. The Morgan fingerprint density at radius 2 is 1.65 bits per heavy atom. The van der Waals surface area contributed by atoms with Crippen LogP contribution in [0.5, 0.6) is 5.75 Å². The van der Waals surface area contributed by atoms with Crippen LogP contribution < -0.4 is 26.0 Å². The number of aromatic nitrogens is 6. The van der Waals surface area contributed by atoms with Crippen molar-refractivity contribution >= 4 is 17.3 Å². The van der Waals surface area contributed by atoms with Gasteiger partial charge < -0.3 is 34.9 Å². The molecule has 2 aromatic heterocycles. The Kier molecular flexibility index (Phi) is 11.4. The van der Waals surface area contributed by atoms with Gasteiger partial charge in [-0.3, -0.25) is 4.79 Å². The molecule has 3 N–H and O–H groups in total. The normalized spacial score (nSPS) is 20.6. The number of rotatable bonds is 15. The van der Waals surface area contributed by atoms with Crippen LogP contribution >= 0.6 is 0 Å². The van der Waals surface area contributed by atoms with Crippen molar-refractivity contribution in [2.75, 3.05) is 49.2 Å². The highest BCUT2D eigenvalue weighted by Gasteiger charge is 2.46. The van der Waals surface area contributed by atoms with Crippen LogP contribution in [-0.4, -0.2) is 91.7 Å². The summed E-state index contributed by atoms with van der Waals surface area (Å²) >= 11 is 0. The summed E-state index contributed by atoms with van der Waals surface area (Å²) < 4.78 is 51.1. The van der Waals surface area contributed by atoms with Crippen molar-refractivity contribution in [2.45, 2.75) is 63.6 Å². The Bertz CT molecular complexity index is 2190. The molecule has 2 saturated heterocycles. The van der Waals surface area contributed by atoms with Gasteiger partial charge >= 0.3 is 11.7 Å². The van der Waals surface area contributed by atoms with E-state index in [4.69, 9.17) is 19.9 Å². The quantitative estimate of drug-likeness (QED) is 0.156. The highest BCUT2D eigenvalue weighted by molar-refractivity contribution is 5.74. The molecule has 0 spiro atoms. The third kappa shape index (κ3) is 8.26. The molecule has 0 aliphatic carbocycles. The molecule has 5 atom stereocenters. The van der Waals surface area contributed by atoms with Crippen molar-refractivity contribution in [1.29, 1.82) is 0 Å². The van der Waals surface area contributed by atoms with Crippen molar-refractivity contribution < 1.29 is 32.9 Å². The van der Waals surface area contributed by atoms with E-state index in [-0.39, 0.29) is 31.2 Å². The van der Waals surface area contributed by atoms with Crippen LogP contribution in [0, 0.1) is 17.6 Å². The summed E-state index contributed by atoms with van der Waals surface area (Å²) in [5.41, 5.74) is 7.22. The molecule has 0 saturated carbocycles. The van der Waals surface area contributed by atoms with E-state index in [1.165, 1.54) is 39.0 Å². The fraction of sp³-hybridized carbons (Fsp3) is 0.425. The zero-order chi connectivity index (χ0) is 40.3. The summed E-state index contributed by atoms with van der Waals surface area (Å²) in [6.07, 6.45) is 4.91. The van der Waals surface area contributed by atoms with Crippen LogP contribution in [0.2, 0.25) is 0 Å². The van der Waals surface area contributed by atoms with Crippen LogP contribution in [0.1, 0.15) is 39.2 Å². The van der Waals surface area contributed by atoms with E-state index < -0.39 is 46.8 Å². The lowest BCUT2D eigenvalue weighted by Gasteiger charge is -2.37. The van der Waals surface area contributed by atoms with Crippen molar-refractivity contribution in [3.8, 4) is 11.4 Å². The Morgan fingerprint density at radius 3 is 2.25 bits per heavy atom. The van der Waals surface area contributed by atoms with Gasteiger partial charge in [-0.05, 0) is 79.9 Å². The molecule has 57 heavy (non-hydrogen) atoms. The molecule has 302 valence electrons. The average Bonchev–Trinajstić information content (AvgIpc) is 3.98. The Labute approximate surface area is 328 Å². The number of nitrogens with two attached hydrogens (primary N) is 1. The molecular weight excluding hydrogens is 740 g/mol. The van der Waals surface area contributed by atoms with Gasteiger partial charge in [0.1, 0.15) is 61.7 Å². The molecule has 15 nitrogen and oxygen atoms in total. The molecule has 2 aliphatic heterocycles. The van der Waals surface area contributed by atoms with Gasteiger partial charge in [-0.2, -0.15) is 10.2 Å². The van der Waals surface area contributed by atoms with E-state index >= 15 is 0 Å². The number of carboxylic acid groups (broad SMARTS) is 1. The van der Waals surface area contributed by atoms with Crippen LogP contribution in [0.3, 0.4) is 0 Å². The predicted molar refractivity (Wildman–Crippen MR) is 206 cm³/mol. The van der Waals surface area contributed by atoms with Gasteiger partial charge in [0.15, 0.2) is 0 Å². The molecule has 0 bridgehead atoms. The standard InChI is InChI=1S/C40H47F2N9O6/c1-4-27(2)20-39(3,36(43)37(52)53)51-38(54)50(26-46-51)31-8-6-29(7-9-31)47-15-17-48(18-16-47)30-10-12-32(13-11-30)55-21-33-22-56-40(57-33,23-49-25-44-24-45-49)34-14-5-28(41)19-35(34)42/h5-14,19,24-27,33,36H,4,15-18,20-23,43H2,1-3H3,(H,52,53)/t27?,33?,36-,39?,40?/m1/s1. The first-order chi connectivity index (χ1) is 27.4. The number of aliphatic carboxylic acids is 1. The summed E-state index contributed by atoms with van der Waals surface area (Å²) in [4.78, 5) is 34.0. The lowest BCUT2D eigenvalue weighted by Crippen LogP contribution is -2.56. The summed E-state index contributed by atoms with van der Waals surface area (Å²) in [5, 5.41) is 18.2. The number of nitrogens with zero attached hydrogens (tertiary/aromatic N) is 8. The molecule has 2 aliphatic rings. The summed E-state index contributed by atoms with van der Waals surface area (Å²) in [5.74, 6) is -3.44. The highest BCUT2D eigenvalue weighted by Crippen LogP contribution is 2.38. The van der Waals surface area contributed by atoms with E-state index in [0.29, 0.717) is 17.9 Å². The summed E-state index contributed by atoms with van der Waals surface area (Å²) in [6.45, 7) is 9.11. The number of benzene rings is 3. The lowest BCUT2D eigenvalue weighted by atomic mass is 9.83. The van der Waals surface area contributed by atoms with Crippen molar-refractivity contribution in [3.05, 3.63) is 113 Å². The van der Waals surface area contributed by atoms with E-state index in [0.717, 1.165) is 56.1 Å². The molecule has 0 radical (unpaired) electrons. The average molecular weight is 788 g/mol. The Morgan fingerprint density at radius 1 is 1.00 bits per heavy atom. The fourth-order valence-corrected chi connectivity index (χ4v) is 7.56. The molecule has 4 unspecified atom stereocenters. The van der Waals surface area contributed by atoms with Gasteiger partial charge in [-0.25, -0.2) is 32.5 Å². The molecule has 4 heterocycles. The largest absolute Gasteiger partial charge is 0.491 e. The van der Waals surface area contributed by atoms with Gasteiger partial charge in [0.25, 0.3) is 0 Å². The number of halogens is 2. The SMILES string of the molecule is CCC(C)CC(C)([C@H](N)C(=O)O)n1ncn(-c2ccc(N3CCN(c4ccc(OCC5COC(Cn6cncn6)(c6ccc(F)cc6F)O5)cc4)CC3)cc2)c1=O. The van der Waals surface area contributed by atoms with E-state index in [9.17, 15) is 23.5 Å². The van der Waals surface area contributed by atoms with Gasteiger partial charge in [-0.15, -0.1) is 0 Å². The van der Waals surface area contributed by atoms with E-state index in [2.05, 4.69) is 25.0 Å². The molecular formula is C40H47F2N9O6. The molecule has 5 aromatic rings. The summed E-state index contributed by atoms with van der Waals surface area (Å²) in [6, 6.07) is 17.4. The predicted octanol–water partition coefficient (Wildman–Crippen LogP) is 4.14. The summed E-state index contributed by atoms with van der Waals surface area (Å²) in [7, 11) is 0. The van der Waals surface area contributed by atoms with Crippen LogP contribution in [-0.2, 0) is 32.1 Å². The Balaban J connectivity index is 0.934. The second-order valence-corrected chi connectivity index (χ2v) is 14.9. The van der Waals surface area contributed by atoms with Crippen molar-refractivity contribution in [2.24, 2.45) is 11.7 Å². The number of ether oxygens (including phenoxy) is 3. The molecule has 3 aromatic carbocycles. The van der Waals surface area contributed by atoms with Gasteiger partial charge in [-0.1, -0.05) is 20.3 Å². The van der Waals surface area contributed by atoms with E-state index in [1.54, 1.807) is 6.92 Å². The van der Waals surface area contributed by atoms with Crippen LogP contribution in [0.4, 0.5) is 20.2 Å². The maximum Gasteiger partial charge on any atom is 0.350 e. The minimum absolute atomic E-state index is 0.0128. The van der Waals surface area contributed by atoms with Gasteiger partial charge in [0.2, 0.25) is 5.79 Å². The molecule has 17 heteroatoms. The number of hydrogen-bond acceptors (Lipinski definition) is 11. The number of carbonyl (C=O) groups is 1. The first-order valence-corrected chi connectivity index (χ1v) is 19.0. The zero-order valence-corrected chi connectivity index (χ0v) is 32.1. The minimum Gasteiger partial charge on any atom is -0.491 e. The first-order valence-electron chi connectivity index (χ1n) is 19.0. The molecule has 0 amide bonds. The maximum absolute atomic E-state index is 14.9. The third-order valence-corrected chi connectivity index (χ3v) is 11.0. The van der Waals surface area contributed by atoms with Gasteiger partial charge in [0, 0.05) is 49.2 Å². The lowest BCUT2D eigenvalue weighted by molar-refractivity contribution is -0.192. The van der Waals surface area contributed by atoms with Crippen molar-refractivity contribution in [3.63, 3.8) is 0 Å². The maximum atomic E-state index is 14.9. The van der Waals surface area contributed by atoms with E-state index in [1.807, 2.05) is 62.4 Å². The number of carboxylic acids is 1. The number of hydrogen-bond donors (Lipinski definition) is 2. The Hall–Kier alpha value is -5.65. The second-order valence-electron chi connectivity index (χ2n) is 14.9. The van der Waals surface area contributed by atoms with Crippen LogP contribution in [0.15, 0.2) is 90.5 Å².